The van der Waals surface area contributed by atoms with Crippen LogP contribution in [0.4, 0.5) is 0 Å². The van der Waals surface area contributed by atoms with Crippen LogP contribution in [0.1, 0.15) is 25.0 Å². The second-order valence-corrected chi connectivity index (χ2v) is 6.29. The molecule has 0 saturated heterocycles. The van der Waals surface area contributed by atoms with E-state index in [2.05, 4.69) is 14.8 Å². The Balaban J connectivity index is 1.49. The van der Waals surface area contributed by atoms with Crippen molar-refractivity contribution < 1.29 is 14.3 Å². The van der Waals surface area contributed by atoms with Crippen molar-refractivity contribution in [2.24, 2.45) is 0 Å². The fraction of sp³-hybridized carbons (Fsp3) is 0.471. The number of nitrogens with zero attached hydrogens (tertiary/aromatic N) is 4. The first-order chi connectivity index (χ1) is 11.6. The van der Waals surface area contributed by atoms with Gasteiger partial charge in [-0.2, -0.15) is 0 Å². The molecule has 0 saturated carbocycles. The Bertz CT molecular complexity index is 773. The second kappa shape index (κ2) is 5.81. The second-order valence-electron chi connectivity index (χ2n) is 6.29. The number of carbonyl (C=O) groups excluding carboxylic acids is 1. The monoisotopic (exact) mass is 328 g/mol. The van der Waals surface area contributed by atoms with Gasteiger partial charge in [-0.25, -0.2) is 0 Å². The molecule has 2 aliphatic heterocycles. The van der Waals surface area contributed by atoms with Crippen LogP contribution in [-0.4, -0.2) is 44.8 Å². The lowest BCUT2D eigenvalue weighted by atomic mass is 10.1. The van der Waals surface area contributed by atoms with Gasteiger partial charge in [-0.05, 0) is 25.5 Å². The van der Waals surface area contributed by atoms with Crippen LogP contribution < -0.4 is 9.47 Å². The van der Waals surface area contributed by atoms with E-state index >= 15 is 0 Å². The Kier molecular flexibility index (Phi) is 3.63. The van der Waals surface area contributed by atoms with Crippen molar-refractivity contribution in [1.82, 2.24) is 19.7 Å². The van der Waals surface area contributed by atoms with E-state index in [0.29, 0.717) is 18.0 Å². The van der Waals surface area contributed by atoms with E-state index in [9.17, 15) is 4.79 Å². The molecule has 4 rings (SSSR count). The number of amides is 1. The van der Waals surface area contributed by atoms with Crippen molar-refractivity contribution in [1.29, 1.82) is 0 Å². The van der Waals surface area contributed by atoms with Gasteiger partial charge in [-0.15, -0.1) is 10.2 Å². The fourth-order valence-electron chi connectivity index (χ4n) is 3.23. The molecule has 0 bridgehead atoms. The summed E-state index contributed by atoms with van der Waals surface area (Å²) in [7, 11) is 1.76. The lowest BCUT2D eigenvalue weighted by Crippen LogP contribution is -2.49. The van der Waals surface area contributed by atoms with Crippen LogP contribution in [-0.2, 0) is 24.3 Å². The summed E-state index contributed by atoms with van der Waals surface area (Å²) >= 11 is 0. The SMILES string of the molecule is C[C@@H]1Oc2ccccc2O[C@H]1C(=O)N(C)Cc1nnc2n1CCC2. The van der Waals surface area contributed by atoms with E-state index in [-0.39, 0.29) is 12.0 Å². The highest BCUT2D eigenvalue weighted by atomic mass is 16.6. The third kappa shape index (κ3) is 2.50. The minimum atomic E-state index is -0.661. The summed E-state index contributed by atoms with van der Waals surface area (Å²) in [6.45, 7) is 3.19. The maximum Gasteiger partial charge on any atom is 0.267 e. The number of aromatic nitrogens is 3. The Morgan fingerprint density at radius 1 is 1.29 bits per heavy atom. The summed E-state index contributed by atoms with van der Waals surface area (Å²) in [5.74, 6) is 2.98. The van der Waals surface area contributed by atoms with E-state index < -0.39 is 6.10 Å². The number of fused-ring (bicyclic) bond motifs is 2. The first-order valence-electron chi connectivity index (χ1n) is 8.22. The van der Waals surface area contributed by atoms with E-state index in [1.54, 1.807) is 11.9 Å². The highest BCUT2D eigenvalue weighted by Crippen LogP contribution is 2.33. The summed E-state index contributed by atoms with van der Waals surface area (Å²) in [5, 5.41) is 8.39. The van der Waals surface area contributed by atoms with Crippen LogP contribution in [0.3, 0.4) is 0 Å². The van der Waals surface area contributed by atoms with E-state index in [4.69, 9.17) is 9.47 Å². The molecule has 0 N–H and O–H groups in total. The zero-order chi connectivity index (χ0) is 16.7. The van der Waals surface area contributed by atoms with Crippen molar-refractivity contribution in [3.05, 3.63) is 35.9 Å². The molecule has 0 radical (unpaired) electrons. The van der Waals surface area contributed by atoms with Gasteiger partial charge in [-0.3, -0.25) is 4.79 Å². The maximum atomic E-state index is 12.8. The van der Waals surface area contributed by atoms with Crippen molar-refractivity contribution in [3.8, 4) is 11.5 Å². The molecule has 1 amide bonds. The molecule has 0 unspecified atom stereocenters. The van der Waals surface area contributed by atoms with Crippen molar-refractivity contribution in [2.75, 3.05) is 7.05 Å². The van der Waals surface area contributed by atoms with Crippen LogP contribution in [0, 0.1) is 0 Å². The number of aryl methyl sites for hydroxylation is 1. The van der Waals surface area contributed by atoms with Crippen LogP contribution >= 0.6 is 0 Å². The van der Waals surface area contributed by atoms with E-state index in [0.717, 1.165) is 31.0 Å². The number of rotatable bonds is 3. The summed E-state index contributed by atoms with van der Waals surface area (Å²) in [6, 6.07) is 7.40. The van der Waals surface area contributed by atoms with Gasteiger partial charge in [0, 0.05) is 20.0 Å². The van der Waals surface area contributed by atoms with Gasteiger partial charge < -0.3 is 18.9 Å². The summed E-state index contributed by atoms with van der Waals surface area (Å²) < 4.78 is 13.8. The largest absolute Gasteiger partial charge is 0.482 e. The Morgan fingerprint density at radius 3 is 2.83 bits per heavy atom. The molecule has 0 fully saturated rings. The normalized spacial score (nSPS) is 21.4. The highest BCUT2D eigenvalue weighted by molar-refractivity contribution is 5.82. The van der Waals surface area contributed by atoms with Crippen LogP contribution in [0.25, 0.3) is 0 Å². The van der Waals surface area contributed by atoms with Gasteiger partial charge in [0.05, 0.1) is 6.54 Å². The third-order valence-corrected chi connectivity index (χ3v) is 4.53. The summed E-state index contributed by atoms with van der Waals surface area (Å²) in [4.78, 5) is 14.4. The quantitative estimate of drug-likeness (QED) is 0.852. The molecule has 7 nitrogen and oxygen atoms in total. The minimum absolute atomic E-state index is 0.118. The zero-order valence-corrected chi connectivity index (χ0v) is 13.8. The third-order valence-electron chi connectivity index (χ3n) is 4.53. The number of hydrogen-bond donors (Lipinski definition) is 0. The molecule has 1 aromatic heterocycles. The number of benzene rings is 1. The van der Waals surface area contributed by atoms with E-state index in [1.165, 1.54) is 0 Å². The summed E-state index contributed by atoms with van der Waals surface area (Å²) in [5.41, 5.74) is 0. The number of likely N-dealkylation sites (N-methyl/N-ethyl adjacent to an activating group) is 1. The zero-order valence-electron chi connectivity index (χ0n) is 13.8. The standard InChI is InChI=1S/C17H20N4O3/c1-11-16(24-13-7-4-3-6-12(13)23-11)17(22)20(2)10-15-19-18-14-8-5-9-21(14)15/h3-4,6-7,11,16H,5,8-10H2,1-2H3/t11-,16+/m0/s1. The van der Waals surface area contributed by atoms with Gasteiger partial charge >= 0.3 is 0 Å². The number of hydrogen-bond acceptors (Lipinski definition) is 5. The average molecular weight is 328 g/mol. The van der Waals surface area contributed by atoms with Gasteiger partial charge in [-0.1, -0.05) is 12.1 Å². The molecule has 24 heavy (non-hydrogen) atoms. The summed E-state index contributed by atoms with van der Waals surface area (Å²) in [6.07, 6.45) is 1.03. The van der Waals surface area contributed by atoms with Gasteiger partial charge in [0.1, 0.15) is 11.9 Å². The molecule has 7 heteroatoms. The Morgan fingerprint density at radius 2 is 2.04 bits per heavy atom. The van der Waals surface area contributed by atoms with Gasteiger partial charge in [0.25, 0.3) is 5.91 Å². The topological polar surface area (TPSA) is 69.5 Å². The molecule has 126 valence electrons. The Labute approximate surface area is 140 Å². The van der Waals surface area contributed by atoms with Gasteiger partial charge in [0.2, 0.25) is 6.10 Å². The minimum Gasteiger partial charge on any atom is -0.482 e. The molecule has 1 aromatic carbocycles. The number of para-hydroxylation sites is 2. The predicted octanol–water partition coefficient (Wildman–Crippen LogP) is 1.41. The molecule has 2 aliphatic rings. The smallest absolute Gasteiger partial charge is 0.267 e. The molecule has 2 aromatic rings. The molecular formula is C17H20N4O3. The Hall–Kier alpha value is -2.57. The molecule has 2 atom stereocenters. The molecule has 0 aliphatic carbocycles. The van der Waals surface area contributed by atoms with Crippen molar-refractivity contribution in [2.45, 2.75) is 45.1 Å². The first-order valence-corrected chi connectivity index (χ1v) is 8.22. The molecule has 3 heterocycles. The molecular weight excluding hydrogens is 308 g/mol. The van der Waals surface area contributed by atoms with Crippen molar-refractivity contribution >= 4 is 5.91 Å². The van der Waals surface area contributed by atoms with Crippen LogP contribution in [0.15, 0.2) is 24.3 Å². The van der Waals surface area contributed by atoms with Crippen LogP contribution in [0.2, 0.25) is 0 Å². The van der Waals surface area contributed by atoms with Gasteiger partial charge in [0.15, 0.2) is 17.3 Å². The number of carbonyl (C=O) groups is 1. The van der Waals surface area contributed by atoms with E-state index in [1.807, 2.05) is 31.2 Å². The van der Waals surface area contributed by atoms with Crippen molar-refractivity contribution in [3.63, 3.8) is 0 Å². The highest BCUT2D eigenvalue weighted by Gasteiger charge is 2.36. The predicted molar refractivity (Wildman–Crippen MR) is 85.8 cm³/mol. The average Bonchev–Trinajstić information content (AvgIpc) is 3.18. The van der Waals surface area contributed by atoms with Crippen LogP contribution in [0.5, 0.6) is 11.5 Å². The molecule has 0 spiro atoms. The first kappa shape index (κ1) is 15.0. The number of ether oxygens (including phenoxy) is 2. The lowest BCUT2D eigenvalue weighted by Gasteiger charge is -2.33. The lowest BCUT2D eigenvalue weighted by molar-refractivity contribution is -0.143. The maximum absolute atomic E-state index is 12.8. The fourth-order valence-corrected chi connectivity index (χ4v) is 3.23.